The van der Waals surface area contributed by atoms with E-state index in [1.807, 2.05) is 12.1 Å². The number of alkyl halides is 3. The van der Waals surface area contributed by atoms with Crippen molar-refractivity contribution in [2.24, 2.45) is 0 Å². The second-order valence-electron chi connectivity index (χ2n) is 8.17. The van der Waals surface area contributed by atoms with Crippen LogP contribution in [0.2, 0.25) is 0 Å². The number of pyridine rings is 2. The zero-order valence-corrected chi connectivity index (χ0v) is 18.0. The van der Waals surface area contributed by atoms with Crippen LogP contribution in [0.15, 0.2) is 71.9 Å². The van der Waals surface area contributed by atoms with E-state index in [0.717, 1.165) is 35.5 Å². The van der Waals surface area contributed by atoms with Crippen LogP contribution in [0.3, 0.4) is 0 Å². The van der Waals surface area contributed by atoms with E-state index in [1.54, 1.807) is 30.7 Å². The number of hydrogen-bond acceptors (Lipinski definition) is 5. The molecule has 6 nitrogen and oxygen atoms in total. The molecule has 4 heterocycles. The van der Waals surface area contributed by atoms with Gasteiger partial charge in [-0.05, 0) is 35.9 Å². The predicted octanol–water partition coefficient (Wildman–Crippen LogP) is 4.47. The van der Waals surface area contributed by atoms with Gasteiger partial charge in [0.2, 0.25) is 0 Å². The molecule has 0 atom stereocenters. The molecule has 0 amide bonds. The zero-order valence-electron chi connectivity index (χ0n) is 18.0. The van der Waals surface area contributed by atoms with Crippen LogP contribution >= 0.6 is 0 Å². The summed E-state index contributed by atoms with van der Waals surface area (Å²) in [6.45, 7) is 1.83. The standard InChI is InChI=1S/C25H20F3N5O/c26-25(27,28)19-6-4-17(5-7-19)21-8-3-16(12-30-21)14-33-11-9-22-20(15-33)24(34)32-23(31-22)18-2-1-10-29-13-18/h1-8,10,12-13H,9,11,14-15H2,(H,31,32,34). The molecule has 1 aliphatic heterocycles. The maximum Gasteiger partial charge on any atom is 0.416 e. The van der Waals surface area contributed by atoms with Crippen molar-refractivity contribution in [2.75, 3.05) is 6.54 Å². The van der Waals surface area contributed by atoms with E-state index in [4.69, 9.17) is 0 Å². The van der Waals surface area contributed by atoms with Gasteiger partial charge in [-0.15, -0.1) is 0 Å². The summed E-state index contributed by atoms with van der Waals surface area (Å²) in [4.78, 5) is 30.9. The van der Waals surface area contributed by atoms with Crippen molar-refractivity contribution >= 4 is 0 Å². The van der Waals surface area contributed by atoms with Gasteiger partial charge in [-0.1, -0.05) is 18.2 Å². The average Bonchev–Trinajstić information content (AvgIpc) is 2.85. The SMILES string of the molecule is O=c1[nH]c(-c2cccnc2)nc2c1CN(Cc1ccc(-c3ccc(C(F)(F)F)cc3)nc1)CC2. The van der Waals surface area contributed by atoms with Crippen LogP contribution in [-0.4, -0.2) is 31.4 Å². The molecule has 5 rings (SSSR count). The predicted molar refractivity (Wildman–Crippen MR) is 121 cm³/mol. The Labute approximate surface area is 193 Å². The van der Waals surface area contributed by atoms with Gasteiger partial charge in [0.25, 0.3) is 5.56 Å². The van der Waals surface area contributed by atoms with Gasteiger partial charge in [-0.2, -0.15) is 13.2 Å². The summed E-state index contributed by atoms with van der Waals surface area (Å²) in [5, 5.41) is 0. The van der Waals surface area contributed by atoms with Gasteiger partial charge in [0.05, 0.1) is 22.5 Å². The van der Waals surface area contributed by atoms with Crippen molar-refractivity contribution in [3.05, 3.63) is 99.9 Å². The molecule has 4 aromatic rings. The molecule has 1 N–H and O–H groups in total. The summed E-state index contributed by atoms with van der Waals surface area (Å²) in [5.74, 6) is 0.522. The smallest absolute Gasteiger partial charge is 0.306 e. The largest absolute Gasteiger partial charge is 0.416 e. The van der Waals surface area contributed by atoms with Gasteiger partial charge in [-0.25, -0.2) is 4.98 Å². The molecule has 0 saturated heterocycles. The first kappa shape index (κ1) is 22.0. The molecule has 0 radical (unpaired) electrons. The van der Waals surface area contributed by atoms with Gasteiger partial charge in [-0.3, -0.25) is 19.7 Å². The number of H-pyrrole nitrogens is 1. The van der Waals surface area contributed by atoms with Crippen molar-refractivity contribution < 1.29 is 13.2 Å². The Hall–Kier alpha value is -3.85. The van der Waals surface area contributed by atoms with E-state index in [9.17, 15) is 18.0 Å². The second-order valence-corrected chi connectivity index (χ2v) is 8.17. The van der Waals surface area contributed by atoms with Gasteiger partial charge >= 0.3 is 6.18 Å². The summed E-state index contributed by atoms with van der Waals surface area (Å²) in [5.41, 5.74) is 3.57. The fourth-order valence-corrected chi connectivity index (χ4v) is 4.03. The van der Waals surface area contributed by atoms with Crippen LogP contribution in [-0.2, 0) is 25.7 Å². The lowest BCUT2D eigenvalue weighted by Gasteiger charge is -2.27. The van der Waals surface area contributed by atoms with Crippen LogP contribution in [0, 0.1) is 0 Å². The van der Waals surface area contributed by atoms with Crippen LogP contribution in [0.5, 0.6) is 0 Å². The minimum absolute atomic E-state index is 0.149. The molecule has 0 fully saturated rings. The lowest BCUT2D eigenvalue weighted by Crippen LogP contribution is -2.35. The monoisotopic (exact) mass is 463 g/mol. The highest BCUT2D eigenvalue weighted by molar-refractivity contribution is 5.59. The second kappa shape index (κ2) is 8.83. The first-order valence-electron chi connectivity index (χ1n) is 10.7. The molecule has 1 aliphatic rings. The van der Waals surface area contributed by atoms with E-state index in [-0.39, 0.29) is 5.56 Å². The Bertz CT molecular complexity index is 1350. The topological polar surface area (TPSA) is 74.8 Å². The number of aromatic nitrogens is 4. The van der Waals surface area contributed by atoms with Crippen molar-refractivity contribution in [3.63, 3.8) is 0 Å². The van der Waals surface area contributed by atoms with Gasteiger partial charge in [0, 0.05) is 55.8 Å². The van der Waals surface area contributed by atoms with Gasteiger partial charge < -0.3 is 4.98 Å². The Morgan fingerprint density at radius 1 is 1.00 bits per heavy atom. The van der Waals surface area contributed by atoms with Crippen molar-refractivity contribution in [1.82, 2.24) is 24.8 Å². The van der Waals surface area contributed by atoms with Gasteiger partial charge in [0.1, 0.15) is 5.82 Å². The van der Waals surface area contributed by atoms with E-state index in [0.29, 0.717) is 42.2 Å². The molecule has 0 spiro atoms. The molecule has 9 heteroatoms. The summed E-state index contributed by atoms with van der Waals surface area (Å²) >= 11 is 0. The van der Waals surface area contributed by atoms with E-state index in [1.165, 1.54) is 12.1 Å². The lowest BCUT2D eigenvalue weighted by molar-refractivity contribution is -0.137. The maximum atomic E-state index is 12.8. The minimum Gasteiger partial charge on any atom is -0.306 e. The molecular formula is C25H20F3N5O. The quantitative estimate of drug-likeness (QED) is 0.483. The highest BCUT2D eigenvalue weighted by Crippen LogP contribution is 2.30. The van der Waals surface area contributed by atoms with Crippen molar-refractivity contribution in [2.45, 2.75) is 25.7 Å². The molecule has 172 valence electrons. The first-order chi connectivity index (χ1) is 16.4. The number of rotatable bonds is 4. The molecule has 0 unspecified atom stereocenters. The van der Waals surface area contributed by atoms with Crippen molar-refractivity contribution in [3.8, 4) is 22.6 Å². The average molecular weight is 463 g/mol. The Morgan fingerprint density at radius 2 is 1.82 bits per heavy atom. The molecule has 0 aliphatic carbocycles. The zero-order chi connectivity index (χ0) is 23.7. The van der Waals surface area contributed by atoms with E-state index >= 15 is 0 Å². The highest BCUT2D eigenvalue weighted by atomic mass is 19.4. The van der Waals surface area contributed by atoms with Gasteiger partial charge in [0.15, 0.2) is 0 Å². The third-order valence-electron chi connectivity index (χ3n) is 5.82. The highest BCUT2D eigenvalue weighted by Gasteiger charge is 2.30. The summed E-state index contributed by atoms with van der Waals surface area (Å²) in [6.07, 6.45) is 1.35. The number of halogens is 3. The van der Waals surface area contributed by atoms with Crippen LogP contribution in [0.25, 0.3) is 22.6 Å². The number of nitrogens with zero attached hydrogens (tertiary/aromatic N) is 4. The molecule has 34 heavy (non-hydrogen) atoms. The normalized spacial score (nSPS) is 14.1. The molecule has 1 aromatic carbocycles. The van der Waals surface area contributed by atoms with Crippen LogP contribution in [0.1, 0.15) is 22.4 Å². The number of fused-ring (bicyclic) bond motifs is 1. The molecular weight excluding hydrogens is 443 g/mol. The fraction of sp³-hybridized carbons (Fsp3) is 0.200. The summed E-state index contributed by atoms with van der Waals surface area (Å²) in [7, 11) is 0. The minimum atomic E-state index is -4.36. The third kappa shape index (κ3) is 4.60. The maximum absolute atomic E-state index is 12.8. The number of hydrogen-bond donors (Lipinski definition) is 1. The molecule has 0 saturated carbocycles. The number of aromatic amines is 1. The summed E-state index contributed by atoms with van der Waals surface area (Å²) in [6, 6.07) is 12.3. The number of nitrogens with one attached hydrogen (secondary N) is 1. The molecule has 0 bridgehead atoms. The van der Waals surface area contributed by atoms with Crippen LogP contribution in [0.4, 0.5) is 13.2 Å². The Balaban J connectivity index is 1.28. The Morgan fingerprint density at radius 3 is 2.50 bits per heavy atom. The molecule has 3 aromatic heterocycles. The first-order valence-corrected chi connectivity index (χ1v) is 10.7. The van der Waals surface area contributed by atoms with E-state index < -0.39 is 11.7 Å². The van der Waals surface area contributed by atoms with Crippen molar-refractivity contribution in [1.29, 1.82) is 0 Å². The Kier molecular flexibility index (Phi) is 5.70. The summed E-state index contributed by atoms with van der Waals surface area (Å²) < 4.78 is 38.3. The van der Waals surface area contributed by atoms with E-state index in [2.05, 4.69) is 24.8 Å². The number of benzene rings is 1. The van der Waals surface area contributed by atoms with Crippen LogP contribution < -0.4 is 5.56 Å². The lowest BCUT2D eigenvalue weighted by atomic mass is 10.1. The fourth-order valence-electron chi connectivity index (χ4n) is 4.03. The third-order valence-corrected chi connectivity index (χ3v) is 5.82.